The van der Waals surface area contributed by atoms with Crippen LogP contribution in [-0.2, 0) is 6.54 Å². The lowest BCUT2D eigenvalue weighted by atomic mass is 10.2. The maximum atomic E-state index is 4.47. The molecule has 0 saturated carbocycles. The number of hydrogen-bond donors (Lipinski definition) is 0. The Morgan fingerprint density at radius 1 is 1.30 bits per heavy atom. The number of likely N-dealkylation sites (N-methyl/N-ethyl adjacent to an activating group) is 1. The third-order valence-electron chi connectivity index (χ3n) is 3.16. The van der Waals surface area contributed by atoms with E-state index in [9.17, 15) is 0 Å². The molecule has 0 atom stereocenters. The molecule has 0 N–H and O–H groups in total. The van der Waals surface area contributed by atoms with E-state index in [1.54, 1.807) is 12.4 Å². The monoisotopic (exact) mass is 331 g/mol. The largest absolute Gasteiger partial charge is 0.371 e. The lowest BCUT2D eigenvalue weighted by molar-refractivity contribution is 0.612. The van der Waals surface area contributed by atoms with Gasteiger partial charge in [-0.25, -0.2) is 0 Å². The normalized spacial score (nSPS) is 10.9. The number of nitrogens with zero attached hydrogens (tertiary/aromatic N) is 5. The molecule has 3 aromatic rings. The van der Waals surface area contributed by atoms with Crippen molar-refractivity contribution in [1.82, 2.24) is 19.7 Å². The van der Waals surface area contributed by atoms with Crippen molar-refractivity contribution in [3.8, 4) is 0 Å². The van der Waals surface area contributed by atoms with E-state index in [1.165, 1.54) is 0 Å². The van der Waals surface area contributed by atoms with E-state index in [1.807, 2.05) is 35.3 Å². The number of hydrogen-bond acceptors (Lipinski definition) is 4. The van der Waals surface area contributed by atoms with Crippen molar-refractivity contribution in [2.45, 2.75) is 6.54 Å². The van der Waals surface area contributed by atoms with E-state index in [-0.39, 0.29) is 0 Å². The highest BCUT2D eigenvalue weighted by Crippen LogP contribution is 2.24. The van der Waals surface area contributed by atoms with Gasteiger partial charge in [0.1, 0.15) is 5.52 Å². The number of fused-ring (bicyclic) bond motifs is 1. The average Bonchev–Trinajstić information content (AvgIpc) is 2.97. The van der Waals surface area contributed by atoms with Crippen LogP contribution in [0.2, 0.25) is 0 Å². The summed E-state index contributed by atoms with van der Waals surface area (Å²) in [5.41, 5.74) is 2.89. The van der Waals surface area contributed by atoms with Gasteiger partial charge in [0.25, 0.3) is 0 Å². The standard InChI is InChI=1S/C14H14BrN5/c1-19(7-8-20-6-2-4-18-20)13-3-5-16-12-9-11(15)10-17-14(12)13/h2-6,9-10H,7-8H2,1H3. The molecule has 0 amide bonds. The van der Waals surface area contributed by atoms with Crippen LogP contribution in [0.5, 0.6) is 0 Å². The first-order valence-corrected chi connectivity index (χ1v) is 7.12. The van der Waals surface area contributed by atoms with Crippen molar-refractivity contribution < 1.29 is 0 Å². The summed E-state index contributed by atoms with van der Waals surface area (Å²) in [5, 5.41) is 4.21. The highest BCUT2D eigenvalue weighted by atomic mass is 79.9. The summed E-state index contributed by atoms with van der Waals surface area (Å²) in [6.45, 7) is 1.70. The Balaban J connectivity index is 1.85. The number of pyridine rings is 2. The van der Waals surface area contributed by atoms with Gasteiger partial charge in [0.15, 0.2) is 0 Å². The summed E-state index contributed by atoms with van der Waals surface area (Å²) in [4.78, 5) is 11.0. The summed E-state index contributed by atoms with van der Waals surface area (Å²) >= 11 is 3.42. The highest BCUT2D eigenvalue weighted by Gasteiger charge is 2.08. The van der Waals surface area contributed by atoms with Gasteiger partial charge in [0.05, 0.1) is 17.7 Å². The second kappa shape index (κ2) is 5.58. The predicted octanol–water partition coefficient (Wildman–Crippen LogP) is 2.73. The molecule has 3 rings (SSSR count). The van der Waals surface area contributed by atoms with Crippen LogP contribution < -0.4 is 4.90 Å². The molecule has 0 aliphatic carbocycles. The first-order valence-electron chi connectivity index (χ1n) is 6.33. The Bertz CT molecular complexity index is 711. The van der Waals surface area contributed by atoms with E-state index >= 15 is 0 Å². The quantitative estimate of drug-likeness (QED) is 0.737. The SMILES string of the molecule is CN(CCn1cccn1)c1ccnc2cc(Br)cnc12. The Hall–Kier alpha value is -1.95. The third kappa shape index (κ3) is 2.65. The Morgan fingerprint density at radius 2 is 2.20 bits per heavy atom. The Morgan fingerprint density at radius 3 is 3.00 bits per heavy atom. The van der Waals surface area contributed by atoms with Crippen LogP contribution in [0.3, 0.4) is 0 Å². The van der Waals surface area contributed by atoms with Crippen LogP contribution in [0.15, 0.2) is 47.5 Å². The lowest BCUT2D eigenvalue weighted by Crippen LogP contribution is -2.23. The van der Waals surface area contributed by atoms with Gasteiger partial charge < -0.3 is 4.90 Å². The lowest BCUT2D eigenvalue weighted by Gasteiger charge is -2.20. The van der Waals surface area contributed by atoms with Crippen LogP contribution in [0.1, 0.15) is 0 Å². The number of anilines is 1. The van der Waals surface area contributed by atoms with Gasteiger partial charge in [0, 0.05) is 42.9 Å². The molecule has 3 heterocycles. The molecule has 0 aromatic carbocycles. The minimum atomic E-state index is 0.837. The molecule has 0 aliphatic rings. The zero-order valence-corrected chi connectivity index (χ0v) is 12.7. The molecule has 20 heavy (non-hydrogen) atoms. The molecule has 0 radical (unpaired) electrons. The minimum Gasteiger partial charge on any atom is -0.371 e. The molecule has 0 unspecified atom stereocenters. The van der Waals surface area contributed by atoms with Gasteiger partial charge in [-0.1, -0.05) is 0 Å². The highest BCUT2D eigenvalue weighted by molar-refractivity contribution is 9.10. The van der Waals surface area contributed by atoms with Crippen molar-refractivity contribution >= 4 is 32.7 Å². The van der Waals surface area contributed by atoms with E-state index in [0.717, 1.165) is 34.3 Å². The molecule has 0 fully saturated rings. The molecule has 3 aromatic heterocycles. The van der Waals surface area contributed by atoms with Gasteiger partial charge in [-0.3, -0.25) is 14.6 Å². The fourth-order valence-electron chi connectivity index (χ4n) is 2.11. The summed E-state index contributed by atoms with van der Waals surface area (Å²) in [6, 6.07) is 5.90. The van der Waals surface area contributed by atoms with Gasteiger partial charge >= 0.3 is 0 Å². The molecular weight excluding hydrogens is 318 g/mol. The van der Waals surface area contributed by atoms with Crippen LogP contribution in [-0.4, -0.2) is 33.3 Å². The maximum Gasteiger partial charge on any atom is 0.112 e. The van der Waals surface area contributed by atoms with Crippen molar-refractivity contribution in [1.29, 1.82) is 0 Å². The zero-order chi connectivity index (χ0) is 13.9. The van der Waals surface area contributed by atoms with Gasteiger partial charge in [-0.05, 0) is 34.1 Å². The number of aromatic nitrogens is 4. The van der Waals surface area contributed by atoms with Crippen LogP contribution in [0.25, 0.3) is 11.0 Å². The zero-order valence-electron chi connectivity index (χ0n) is 11.1. The van der Waals surface area contributed by atoms with Gasteiger partial charge in [-0.2, -0.15) is 5.10 Å². The molecular formula is C14H14BrN5. The fourth-order valence-corrected chi connectivity index (χ4v) is 2.42. The Kier molecular flexibility index (Phi) is 3.64. The molecule has 5 nitrogen and oxygen atoms in total. The summed E-state index contributed by atoms with van der Waals surface area (Å²) in [7, 11) is 2.06. The van der Waals surface area contributed by atoms with Crippen LogP contribution in [0.4, 0.5) is 5.69 Å². The topological polar surface area (TPSA) is 46.8 Å². The number of halogens is 1. The fraction of sp³-hybridized carbons (Fsp3) is 0.214. The van der Waals surface area contributed by atoms with Crippen LogP contribution in [0, 0.1) is 0 Å². The van der Waals surface area contributed by atoms with Gasteiger partial charge in [-0.15, -0.1) is 0 Å². The first kappa shape index (κ1) is 13.1. The minimum absolute atomic E-state index is 0.837. The van der Waals surface area contributed by atoms with Gasteiger partial charge in [0.2, 0.25) is 0 Å². The van der Waals surface area contributed by atoms with E-state index in [2.05, 4.69) is 42.9 Å². The Labute approximate surface area is 125 Å². The van der Waals surface area contributed by atoms with Crippen molar-refractivity contribution in [2.75, 3.05) is 18.5 Å². The second-order valence-corrected chi connectivity index (χ2v) is 5.46. The van der Waals surface area contributed by atoms with E-state index in [4.69, 9.17) is 0 Å². The van der Waals surface area contributed by atoms with Crippen LogP contribution >= 0.6 is 15.9 Å². The molecule has 0 aliphatic heterocycles. The van der Waals surface area contributed by atoms with Crippen molar-refractivity contribution in [3.63, 3.8) is 0 Å². The molecule has 102 valence electrons. The average molecular weight is 332 g/mol. The molecule has 6 heteroatoms. The predicted molar refractivity (Wildman–Crippen MR) is 82.7 cm³/mol. The summed E-state index contributed by atoms with van der Waals surface area (Å²) in [6.07, 6.45) is 7.37. The van der Waals surface area contributed by atoms with E-state index < -0.39 is 0 Å². The molecule has 0 bridgehead atoms. The maximum absolute atomic E-state index is 4.47. The van der Waals surface area contributed by atoms with E-state index in [0.29, 0.717) is 0 Å². The smallest absolute Gasteiger partial charge is 0.112 e. The van der Waals surface area contributed by atoms with Crippen molar-refractivity contribution in [2.24, 2.45) is 0 Å². The van der Waals surface area contributed by atoms with Crippen molar-refractivity contribution in [3.05, 3.63) is 47.5 Å². The number of rotatable bonds is 4. The third-order valence-corrected chi connectivity index (χ3v) is 3.59. The molecule has 0 saturated heterocycles. The summed E-state index contributed by atoms with van der Waals surface area (Å²) < 4.78 is 2.86. The second-order valence-electron chi connectivity index (χ2n) is 4.54. The summed E-state index contributed by atoms with van der Waals surface area (Å²) in [5.74, 6) is 0. The first-order chi connectivity index (χ1) is 9.74. The molecule has 0 spiro atoms.